The summed E-state index contributed by atoms with van der Waals surface area (Å²) >= 11 is 0. The number of sulfonamides is 1. The summed E-state index contributed by atoms with van der Waals surface area (Å²) in [4.78, 5) is 17.5. The normalized spacial score (nSPS) is 12.2. The zero-order chi connectivity index (χ0) is 22.3. The molecule has 4 rings (SSSR count). The lowest BCUT2D eigenvalue weighted by atomic mass is 10.2. The molecule has 0 aliphatic rings. The Kier molecular flexibility index (Phi) is 5.32. The molecule has 2 aromatic carbocycles. The Morgan fingerprint density at radius 3 is 2.58 bits per heavy atom. The molecule has 0 saturated heterocycles. The van der Waals surface area contributed by atoms with E-state index < -0.39 is 16.0 Å². The fourth-order valence-electron chi connectivity index (χ4n) is 3.71. The van der Waals surface area contributed by atoms with Crippen LogP contribution in [0.15, 0.2) is 53.6 Å². The molecule has 0 aliphatic heterocycles. The largest absolute Gasteiger partial charge is 0.454 e. The number of nitrogens with zero attached hydrogens (tertiary/aromatic N) is 4. The first-order valence-corrected chi connectivity index (χ1v) is 11.3. The number of hydrogen-bond acceptors (Lipinski definition) is 5. The van der Waals surface area contributed by atoms with Crippen LogP contribution in [0.25, 0.3) is 21.9 Å². The summed E-state index contributed by atoms with van der Waals surface area (Å²) in [5.41, 5.74) is 2.78. The zero-order valence-electron chi connectivity index (χ0n) is 17.9. The van der Waals surface area contributed by atoms with E-state index in [1.165, 1.54) is 14.1 Å². The molecule has 2 aromatic heterocycles. The van der Waals surface area contributed by atoms with E-state index in [1.54, 1.807) is 24.4 Å². The lowest BCUT2D eigenvalue weighted by Crippen LogP contribution is -2.22. The quantitative estimate of drug-likeness (QED) is 0.430. The highest BCUT2D eigenvalue weighted by molar-refractivity contribution is 7.89. The molecule has 0 aliphatic carbocycles. The van der Waals surface area contributed by atoms with E-state index in [0.29, 0.717) is 23.4 Å². The van der Waals surface area contributed by atoms with E-state index in [1.807, 2.05) is 47.4 Å². The van der Waals surface area contributed by atoms with Gasteiger partial charge < -0.3 is 13.9 Å². The Balaban J connectivity index is 1.64. The van der Waals surface area contributed by atoms with Crippen LogP contribution in [0, 0.1) is 0 Å². The zero-order valence-corrected chi connectivity index (χ0v) is 18.7. The molecule has 4 aromatic rings. The summed E-state index contributed by atoms with van der Waals surface area (Å²) in [7, 11) is 1.30. The van der Waals surface area contributed by atoms with Crippen LogP contribution in [0.4, 0.5) is 0 Å². The maximum atomic E-state index is 12.8. The Morgan fingerprint density at radius 2 is 1.87 bits per heavy atom. The van der Waals surface area contributed by atoms with Crippen molar-refractivity contribution in [3.63, 3.8) is 0 Å². The average Bonchev–Trinajstić information content (AvgIpc) is 3.28. The average molecular weight is 441 g/mol. The molecule has 0 atom stereocenters. The van der Waals surface area contributed by atoms with E-state index in [9.17, 15) is 13.2 Å². The Hall–Kier alpha value is -3.17. The maximum Gasteiger partial charge on any atom is 0.340 e. The molecule has 0 radical (unpaired) electrons. The van der Waals surface area contributed by atoms with Gasteiger partial charge in [-0.1, -0.05) is 18.2 Å². The van der Waals surface area contributed by atoms with Crippen molar-refractivity contribution >= 4 is 37.9 Å². The second-order valence-electron chi connectivity index (χ2n) is 7.46. The van der Waals surface area contributed by atoms with E-state index in [0.717, 1.165) is 20.7 Å². The predicted molar refractivity (Wildman–Crippen MR) is 118 cm³/mol. The fraction of sp³-hybridized carbons (Fsp3) is 0.273. The highest BCUT2D eigenvalue weighted by Crippen LogP contribution is 2.24. The van der Waals surface area contributed by atoms with Crippen molar-refractivity contribution in [1.29, 1.82) is 0 Å². The van der Waals surface area contributed by atoms with Crippen LogP contribution < -0.4 is 0 Å². The van der Waals surface area contributed by atoms with Gasteiger partial charge in [-0.05, 0) is 31.2 Å². The lowest BCUT2D eigenvalue weighted by Gasteiger charge is -2.11. The van der Waals surface area contributed by atoms with Crippen molar-refractivity contribution in [2.75, 3.05) is 14.1 Å². The highest BCUT2D eigenvalue weighted by Gasteiger charge is 2.21. The number of fused-ring (bicyclic) bond motifs is 2. The number of imidazole rings is 1. The van der Waals surface area contributed by atoms with Gasteiger partial charge in [0.05, 0.1) is 21.5 Å². The van der Waals surface area contributed by atoms with Crippen LogP contribution in [0.1, 0.15) is 23.1 Å². The van der Waals surface area contributed by atoms with Crippen molar-refractivity contribution in [2.45, 2.75) is 25.0 Å². The Morgan fingerprint density at radius 1 is 1.13 bits per heavy atom. The van der Waals surface area contributed by atoms with Gasteiger partial charge in [-0.25, -0.2) is 22.5 Å². The van der Waals surface area contributed by atoms with E-state index >= 15 is 0 Å². The van der Waals surface area contributed by atoms with Gasteiger partial charge in [0.25, 0.3) is 0 Å². The molecule has 9 heteroatoms. The smallest absolute Gasteiger partial charge is 0.340 e. The van der Waals surface area contributed by atoms with Crippen LogP contribution in [-0.4, -0.2) is 46.9 Å². The number of hydrogen-bond donors (Lipinski definition) is 0. The van der Waals surface area contributed by atoms with Crippen molar-refractivity contribution in [3.05, 3.63) is 60.0 Å². The first-order valence-electron chi connectivity index (χ1n) is 9.87. The van der Waals surface area contributed by atoms with Crippen molar-refractivity contribution in [3.8, 4) is 0 Å². The van der Waals surface area contributed by atoms with Gasteiger partial charge in [-0.3, -0.25) is 0 Å². The van der Waals surface area contributed by atoms with Gasteiger partial charge in [0.2, 0.25) is 10.0 Å². The number of ether oxygens (including phenoxy) is 1. The van der Waals surface area contributed by atoms with Gasteiger partial charge in [0.15, 0.2) is 0 Å². The maximum absolute atomic E-state index is 12.8. The first kappa shape index (κ1) is 21.1. The monoisotopic (exact) mass is 440 g/mol. The van der Waals surface area contributed by atoms with Crippen molar-refractivity contribution < 1.29 is 17.9 Å². The number of aryl methyl sites for hydroxylation is 2. The van der Waals surface area contributed by atoms with E-state index in [4.69, 9.17) is 4.74 Å². The molecule has 2 heterocycles. The lowest BCUT2D eigenvalue weighted by molar-refractivity contribution is 0.0461. The van der Waals surface area contributed by atoms with Crippen LogP contribution >= 0.6 is 0 Å². The molecule has 0 spiro atoms. The second-order valence-corrected chi connectivity index (χ2v) is 9.61. The summed E-state index contributed by atoms with van der Waals surface area (Å²) < 4.78 is 35.4. The van der Waals surface area contributed by atoms with Crippen molar-refractivity contribution in [1.82, 2.24) is 18.4 Å². The third-order valence-corrected chi connectivity index (χ3v) is 7.15. The van der Waals surface area contributed by atoms with Gasteiger partial charge in [0.1, 0.15) is 12.4 Å². The Bertz CT molecular complexity index is 1400. The van der Waals surface area contributed by atoms with Crippen LogP contribution in [0.2, 0.25) is 0 Å². The minimum atomic E-state index is -3.56. The molecule has 0 saturated carbocycles. The van der Waals surface area contributed by atoms with Crippen molar-refractivity contribution in [2.24, 2.45) is 7.05 Å². The Labute approximate surface area is 180 Å². The molecule has 8 nitrogen and oxygen atoms in total. The summed E-state index contributed by atoms with van der Waals surface area (Å²) in [6.45, 7) is 2.55. The molecule has 0 bridgehead atoms. The highest BCUT2D eigenvalue weighted by atomic mass is 32.2. The van der Waals surface area contributed by atoms with Gasteiger partial charge in [-0.15, -0.1) is 0 Å². The van der Waals surface area contributed by atoms with E-state index in [2.05, 4.69) is 4.98 Å². The van der Waals surface area contributed by atoms with Gasteiger partial charge in [0, 0.05) is 44.8 Å². The summed E-state index contributed by atoms with van der Waals surface area (Å²) in [5.74, 6) is 0.132. The predicted octanol–water partition coefficient (Wildman–Crippen LogP) is 3.16. The molecule has 31 heavy (non-hydrogen) atoms. The molecule has 162 valence electrons. The number of para-hydroxylation sites is 1. The van der Waals surface area contributed by atoms with Crippen LogP contribution in [-0.2, 0) is 35.0 Å². The number of carbonyl (C=O) groups excluding carboxylic acids is 1. The van der Waals surface area contributed by atoms with Gasteiger partial charge in [-0.2, -0.15) is 0 Å². The molecular weight excluding hydrogens is 416 g/mol. The second kappa shape index (κ2) is 7.82. The molecule has 0 fully saturated rings. The SMILES string of the molecule is CCn1c(COC(=O)c2cn(C)c3ccccc23)nc2cc(S(=O)(=O)N(C)C)ccc21. The molecular formula is C22H24N4O4S. The standard InChI is InChI=1S/C22H24N4O4S/c1-5-26-20-11-10-15(31(28,29)24(2)3)12-18(20)23-21(26)14-30-22(27)17-13-25(4)19-9-7-6-8-16(17)19/h6-13H,5,14H2,1-4H3. The minimum Gasteiger partial charge on any atom is -0.454 e. The van der Waals surface area contributed by atoms with Crippen LogP contribution in [0.3, 0.4) is 0 Å². The van der Waals surface area contributed by atoms with E-state index in [-0.39, 0.29) is 11.5 Å². The third-order valence-electron chi connectivity index (χ3n) is 5.34. The van der Waals surface area contributed by atoms with Crippen LogP contribution in [0.5, 0.6) is 0 Å². The fourth-order valence-corrected chi connectivity index (χ4v) is 4.63. The summed E-state index contributed by atoms with van der Waals surface area (Å²) in [5, 5.41) is 0.831. The summed E-state index contributed by atoms with van der Waals surface area (Å²) in [6.07, 6.45) is 1.76. The number of rotatable bonds is 6. The number of carbonyl (C=O) groups is 1. The topological polar surface area (TPSA) is 86.4 Å². The summed E-state index contributed by atoms with van der Waals surface area (Å²) in [6, 6.07) is 12.5. The molecule has 0 amide bonds. The first-order chi connectivity index (χ1) is 14.7. The van der Waals surface area contributed by atoms with Gasteiger partial charge >= 0.3 is 5.97 Å². The third kappa shape index (κ3) is 3.60. The number of aromatic nitrogens is 3. The molecule has 0 N–H and O–H groups in total. The number of esters is 1. The molecule has 0 unspecified atom stereocenters. The minimum absolute atomic E-state index is 0.0136. The number of benzene rings is 2.